The zero-order chi connectivity index (χ0) is 30.2. The molecule has 1 heterocycles. The van der Waals surface area contributed by atoms with Crippen molar-refractivity contribution in [2.75, 3.05) is 39.6 Å². The molecule has 12 heteroatoms. The Balaban J connectivity index is 2.14. The summed E-state index contributed by atoms with van der Waals surface area (Å²) in [5.74, 6) is 0. The van der Waals surface area contributed by atoms with Gasteiger partial charge in [-0.25, -0.2) is 0 Å². The fourth-order valence-electron chi connectivity index (χ4n) is 4.74. The fourth-order valence-corrected chi connectivity index (χ4v) is 6.63. The lowest BCUT2D eigenvalue weighted by atomic mass is 10.1. The van der Waals surface area contributed by atoms with Gasteiger partial charge in [0.1, 0.15) is 39.6 Å². The van der Waals surface area contributed by atoms with Crippen LogP contribution >= 0.6 is 24.8 Å². The van der Waals surface area contributed by atoms with Crippen molar-refractivity contribution in [3.8, 4) is 0 Å². The van der Waals surface area contributed by atoms with Crippen molar-refractivity contribution in [2.45, 2.75) is 154 Å². The summed E-state index contributed by atoms with van der Waals surface area (Å²) in [7, 11) is -6.02. The molecule has 9 nitrogen and oxygen atoms in total. The maximum Gasteiger partial charge on any atom is 0.697 e. The molecule has 0 aromatic heterocycles. The third-order valence-electron chi connectivity index (χ3n) is 7.30. The number of hydrogen-bond donors (Lipinski definition) is 0. The summed E-state index contributed by atoms with van der Waals surface area (Å²) >= 11 is 0. The predicted octanol–water partition coefficient (Wildman–Crippen LogP) is 11.4. The average molecular weight is 658 g/mol. The van der Waals surface area contributed by atoms with Crippen LogP contribution < -0.4 is 0 Å². The topological polar surface area (TPSA) is 107 Å². The van der Waals surface area contributed by atoms with Crippen LogP contribution in [0.2, 0.25) is 0 Å². The normalized spacial score (nSPS) is 25.9. The molecule has 0 amide bonds. The highest BCUT2D eigenvalue weighted by Crippen LogP contribution is 2.27. The smallest absolute Gasteiger partial charge is 0.119 e. The largest absolute Gasteiger partial charge is 0.697 e. The van der Waals surface area contributed by atoms with Crippen LogP contribution in [0.25, 0.3) is 0 Å². The molecular weight excluding hydrogens is 597 g/mol. The standard InChI is InChI=1S/C30H60O9P3/c31-40-34-25-19-13-7-1-2-8-14-20-26-35-41(32)37-28-22-16-10-5-6-12-18-24-30-39-42(33)38-29-23-17-11-4-3-9-15-21-27-36-40/h1-30H2/q+3. The molecule has 0 aliphatic carbocycles. The van der Waals surface area contributed by atoms with Crippen LogP contribution in [0.5, 0.6) is 0 Å². The lowest BCUT2D eigenvalue weighted by Gasteiger charge is -2.01. The molecule has 0 radical (unpaired) electrons. The molecule has 1 aliphatic rings. The van der Waals surface area contributed by atoms with Gasteiger partial charge in [-0.2, -0.15) is 0 Å². The van der Waals surface area contributed by atoms with Gasteiger partial charge >= 0.3 is 24.8 Å². The Labute approximate surface area is 259 Å². The van der Waals surface area contributed by atoms with E-state index in [1.54, 1.807) is 0 Å². The van der Waals surface area contributed by atoms with E-state index in [1.165, 1.54) is 38.5 Å². The Morgan fingerprint density at radius 2 is 0.333 bits per heavy atom. The van der Waals surface area contributed by atoms with Gasteiger partial charge in [0, 0.05) is 13.7 Å². The summed E-state index contributed by atoms with van der Waals surface area (Å²) < 4.78 is 67.4. The van der Waals surface area contributed by atoms with Gasteiger partial charge in [0.2, 0.25) is 0 Å². The minimum absolute atomic E-state index is 0.487. The van der Waals surface area contributed by atoms with Crippen LogP contribution in [0.15, 0.2) is 0 Å². The molecule has 0 unspecified atom stereocenters. The van der Waals surface area contributed by atoms with E-state index >= 15 is 0 Å². The predicted molar refractivity (Wildman–Crippen MR) is 169 cm³/mol. The van der Waals surface area contributed by atoms with Gasteiger partial charge in [-0.3, -0.25) is 0 Å². The molecule has 0 aromatic carbocycles. The van der Waals surface area contributed by atoms with Crippen LogP contribution in [-0.2, 0) is 40.8 Å². The minimum atomic E-state index is -2.01. The molecule has 0 aromatic rings. The molecular formula is C30H60O9P3+3. The van der Waals surface area contributed by atoms with Crippen molar-refractivity contribution < 1.29 is 40.8 Å². The molecule has 0 bridgehead atoms. The van der Waals surface area contributed by atoms with Gasteiger partial charge in [-0.05, 0) is 38.5 Å². The van der Waals surface area contributed by atoms with Crippen LogP contribution in [0, 0.1) is 0 Å². The zero-order valence-electron chi connectivity index (χ0n) is 26.2. The molecule has 0 atom stereocenters. The van der Waals surface area contributed by atoms with Crippen molar-refractivity contribution in [3.05, 3.63) is 0 Å². The molecule has 0 saturated carbocycles. The number of hydrogen-bond acceptors (Lipinski definition) is 9. The Hall–Kier alpha value is 0.0600. The van der Waals surface area contributed by atoms with Crippen LogP contribution in [0.1, 0.15) is 154 Å². The zero-order valence-corrected chi connectivity index (χ0v) is 28.9. The SMILES string of the molecule is O=[P+]1OCCCCCCCCCCO[P+](=O)OCCCCCCCCCCO[P+](=O)OCCCCCCCCCCO1. The van der Waals surface area contributed by atoms with E-state index in [-0.39, 0.29) is 0 Å². The van der Waals surface area contributed by atoms with Crippen molar-refractivity contribution in [2.24, 2.45) is 0 Å². The van der Waals surface area contributed by atoms with Gasteiger partial charge in [-0.15, -0.1) is 27.1 Å². The lowest BCUT2D eigenvalue weighted by Crippen LogP contribution is -1.93. The Morgan fingerprint density at radius 3 is 0.476 bits per heavy atom. The van der Waals surface area contributed by atoms with Crippen molar-refractivity contribution in [3.63, 3.8) is 0 Å². The summed E-state index contributed by atoms with van der Waals surface area (Å²) in [6.45, 7) is 2.92. The molecule has 246 valence electrons. The summed E-state index contributed by atoms with van der Waals surface area (Å²) in [5, 5.41) is 0. The molecule has 0 N–H and O–H groups in total. The van der Waals surface area contributed by atoms with Gasteiger partial charge in [0.15, 0.2) is 0 Å². The Bertz CT molecular complexity index is 522. The second kappa shape index (κ2) is 32.5. The van der Waals surface area contributed by atoms with E-state index in [0.29, 0.717) is 39.6 Å². The van der Waals surface area contributed by atoms with Crippen LogP contribution in [0.4, 0.5) is 0 Å². The number of rotatable bonds is 0. The highest BCUT2D eigenvalue weighted by atomic mass is 31.1. The third-order valence-corrected chi connectivity index (χ3v) is 9.66. The second-order valence-electron chi connectivity index (χ2n) is 11.2. The average Bonchev–Trinajstić information content (AvgIpc) is 2.98. The lowest BCUT2D eigenvalue weighted by molar-refractivity contribution is 0.216. The van der Waals surface area contributed by atoms with E-state index in [0.717, 1.165) is 116 Å². The Morgan fingerprint density at radius 1 is 0.214 bits per heavy atom. The summed E-state index contributed by atoms with van der Waals surface area (Å²) in [4.78, 5) is 0. The van der Waals surface area contributed by atoms with Crippen LogP contribution in [-0.4, -0.2) is 39.6 Å². The fraction of sp³-hybridized carbons (Fsp3) is 1.00. The molecule has 1 saturated heterocycles. The van der Waals surface area contributed by atoms with Crippen molar-refractivity contribution in [1.29, 1.82) is 0 Å². The molecule has 1 rings (SSSR count). The highest BCUT2D eigenvalue weighted by Gasteiger charge is 2.20. The maximum atomic E-state index is 11.8. The van der Waals surface area contributed by atoms with E-state index in [9.17, 15) is 13.7 Å². The summed E-state index contributed by atoms with van der Waals surface area (Å²) in [6.07, 6.45) is 25.9. The third kappa shape index (κ3) is 30.1. The van der Waals surface area contributed by atoms with E-state index < -0.39 is 24.8 Å². The van der Waals surface area contributed by atoms with Gasteiger partial charge in [-0.1, -0.05) is 116 Å². The van der Waals surface area contributed by atoms with Crippen molar-refractivity contribution >= 4 is 24.8 Å². The van der Waals surface area contributed by atoms with Crippen LogP contribution in [0.3, 0.4) is 0 Å². The molecule has 1 fully saturated rings. The molecule has 0 spiro atoms. The van der Waals surface area contributed by atoms with Gasteiger partial charge in [0.05, 0.1) is 0 Å². The quantitative estimate of drug-likeness (QED) is 0.235. The summed E-state index contributed by atoms with van der Waals surface area (Å²) in [6, 6.07) is 0. The monoisotopic (exact) mass is 657 g/mol. The first-order chi connectivity index (χ1) is 20.7. The first-order valence-electron chi connectivity index (χ1n) is 16.9. The molecule has 42 heavy (non-hydrogen) atoms. The van der Waals surface area contributed by atoms with Gasteiger partial charge < -0.3 is 0 Å². The maximum absolute atomic E-state index is 11.8. The summed E-state index contributed by atoms with van der Waals surface area (Å²) in [5.41, 5.74) is 0. The first kappa shape index (κ1) is 40.1. The van der Waals surface area contributed by atoms with E-state index in [2.05, 4.69) is 0 Å². The minimum Gasteiger partial charge on any atom is -0.119 e. The second-order valence-corrected chi connectivity index (χ2v) is 14.0. The Kier molecular flexibility index (Phi) is 31.0. The van der Waals surface area contributed by atoms with Gasteiger partial charge in [0.25, 0.3) is 0 Å². The molecule has 1 aliphatic heterocycles. The highest BCUT2D eigenvalue weighted by molar-refractivity contribution is 7.33. The first-order valence-corrected chi connectivity index (χ1v) is 20.2. The van der Waals surface area contributed by atoms with E-state index in [4.69, 9.17) is 27.1 Å². The van der Waals surface area contributed by atoms with Crippen molar-refractivity contribution in [1.82, 2.24) is 0 Å². The van der Waals surface area contributed by atoms with E-state index in [1.807, 2.05) is 0 Å².